The first-order valence-electron chi connectivity index (χ1n) is 9.67. The molecule has 1 saturated carbocycles. The van der Waals surface area contributed by atoms with Gasteiger partial charge in [0.1, 0.15) is 0 Å². The average molecular weight is 338 g/mol. The molecule has 0 bridgehead atoms. The van der Waals surface area contributed by atoms with E-state index in [9.17, 15) is 9.59 Å². The number of carboxylic acids is 1. The Kier molecular flexibility index (Phi) is 7.53. The van der Waals surface area contributed by atoms with Crippen LogP contribution in [0, 0.1) is 11.8 Å². The third kappa shape index (κ3) is 5.76. The van der Waals surface area contributed by atoms with Crippen LogP contribution in [0.15, 0.2) is 0 Å². The van der Waals surface area contributed by atoms with E-state index in [1.54, 1.807) is 0 Å². The summed E-state index contributed by atoms with van der Waals surface area (Å²) in [7, 11) is 1.88. The van der Waals surface area contributed by atoms with Crippen molar-refractivity contribution in [2.24, 2.45) is 11.8 Å². The standard InChI is InChI=1S/C19H34N2O3/c1-15(16-7-4-3-5-8-16)13-18(22)21-11-6-9-17(10-12-21)20(2)14-19(23)24/h15-17H,3-14H2,1-2H3,(H,23,24). The fraction of sp³-hybridized carbons (Fsp3) is 0.895. The van der Waals surface area contributed by atoms with Gasteiger partial charge in [0.25, 0.3) is 0 Å². The van der Waals surface area contributed by atoms with E-state index in [0.717, 1.165) is 38.3 Å². The monoisotopic (exact) mass is 338 g/mol. The molecule has 24 heavy (non-hydrogen) atoms. The van der Waals surface area contributed by atoms with Gasteiger partial charge in [-0.1, -0.05) is 39.0 Å². The van der Waals surface area contributed by atoms with E-state index < -0.39 is 5.97 Å². The first-order chi connectivity index (χ1) is 11.5. The molecule has 0 aromatic rings. The van der Waals surface area contributed by atoms with Crippen LogP contribution in [0.3, 0.4) is 0 Å². The molecule has 1 aliphatic carbocycles. The first-order valence-corrected chi connectivity index (χ1v) is 9.67. The summed E-state index contributed by atoms with van der Waals surface area (Å²) >= 11 is 0. The summed E-state index contributed by atoms with van der Waals surface area (Å²) in [6.07, 6.45) is 10.1. The number of hydrogen-bond donors (Lipinski definition) is 1. The normalized spacial score (nSPS) is 24.6. The van der Waals surface area contributed by atoms with Gasteiger partial charge in [0.05, 0.1) is 6.54 Å². The van der Waals surface area contributed by atoms with E-state index in [2.05, 4.69) is 6.92 Å². The van der Waals surface area contributed by atoms with Gasteiger partial charge in [-0.15, -0.1) is 0 Å². The molecular formula is C19H34N2O3. The lowest BCUT2D eigenvalue weighted by Crippen LogP contribution is -2.38. The Balaban J connectivity index is 1.79. The van der Waals surface area contributed by atoms with Crippen LogP contribution in [-0.2, 0) is 9.59 Å². The zero-order chi connectivity index (χ0) is 17.5. The van der Waals surface area contributed by atoms with E-state index in [4.69, 9.17) is 5.11 Å². The second kappa shape index (κ2) is 9.40. The van der Waals surface area contributed by atoms with Crippen LogP contribution >= 0.6 is 0 Å². The number of carbonyl (C=O) groups excluding carboxylic acids is 1. The van der Waals surface area contributed by atoms with Gasteiger partial charge in [-0.2, -0.15) is 0 Å². The van der Waals surface area contributed by atoms with Crippen molar-refractivity contribution in [2.75, 3.05) is 26.7 Å². The number of amides is 1. The Hall–Kier alpha value is -1.10. The van der Waals surface area contributed by atoms with Crippen LogP contribution < -0.4 is 0 Å². The summed E-state index contributed by atoms with van der Waals surface area (Å²) in [6.45, 7) is 3.92. The SMILES string of the molecule is CC(CC(=O)N1CCCC(N(C)CC(=O)O)CC1)C1CCCCC1. The van der Waals surface area contributed by atoms with Gasteiger partial charge in [-0.25, -0.2) is 0 Å². The summed E-state index contributed by atoms with van der Waals surface area (Å²) in [5.74, 6) is 0.737. The fourth-order valence-electron chi connectivity index (χ4n) is 4.39. The number of nitrogens with zero attached hydrogens (tertiary/aromatic N) is 2. The molecule has 1 aliphatic heterocycles. The maximum absolute atomic E-state index is 12.7. The highest BCUT2D eigenvalue weighted by Gasteiger charge is 2.27. The van der Waals surface area contributed by atoms with Gasteiger partial charge in [0.15, 0.2) is 0 Å². The lowest BCUT2D eigenvalue weighted by Gasteiger charge is -2.29. The highest BCUT2D eigenvalue weighted by atomic mass is 16.4. The Labute approximate surface area is 146 Å². The average Bonchev–Trinajstić information content (AvgIpc) is 2.81. The molecule has 1 heterocycles. The molecule has 1 amide bonds. The van der Waals surface area contributed by atoms with Crippen molar-refractivity contribution in [3.63, 3.8) is 0 Å². The number of rotatable bonds is 6. The molecular weight excluding hydrogens is 304 g/mol. The minimum atomic E-state index is -0.781. The minimum Gasteiger partial charge on any atom is -0.480 e. The smallest absolute Gasteiger partial charge is 0.317 e. The van der Waals surface area contributed by atoms with Crippen LogP contribution in [0.1, 0.15) is 64.7 Å². The van der Waals surface area contributed by atoms with Crippen molar-refractivity contribution in [2.45, 2.75) is 70.8 Å². The third-order valence-corrected chi connectivity index (χ3v) is 6.01. The molecule has 2 atom stereocenters. The number of likely N-dealkylation sites (tertiary alicyclic amines) is 1. The number of carboxylic acid groups (broad SMARTS) is 1. The summed E-state index contributed by atoms with van der Waals surface area (Å²) in [5, 5.41) is 8.94. The Morgan fingerprint density at radius 1 is 1.08 bits per heavy atom. The molecule has 5 nitrogen and oxygen atoms in total. The largest absolute Gasteiger partial charge is 0.480 e. The van der Waals surface area contributed by atoms with Gasteiger partial charge in [-0.3, -0.25) is 14.5 Å². The lowest BCUT2D eigenvalue weighted by atomic mass is 9.79. The molecule has 1 saturated heterocycles. The molecule has 0 aromatic carbocycles. The Bertz CT molecular complexity index is 421. The second-order valence-corrected chi connectivity index (χ2v) is 7.85. The number of carbonyl (C=O) groups is 2. The van der Waals surface area contributed by atoms with E-state index in [1.165, 1.54) is 32.1 Å². The summed E-state index contributed by atoms with van der Waals surface area (Å²) in [5.41, 5.74) is 0. The summed E-state index contributed by atoms with van der Waals surface area (Å²) < 4.78 is 0. The zero-order valence-corrected chi connectivity index (χ0v) is 15.4. The third-order valence-electron chi connectivity index (χ3n) is 6.01. The van der Waals surface area contributed by atoms with E-state index in [1.807, 2.05) is 16.8 Å². The molecule has 2 rings (SSSR count). The predicted molar refractivity (Wildman–Crippen MR) is 94.8 cm³/mol. The number of likely N-dealkylation sites (N-methyl/N-ethyl adjacent to an activating group) is 1. The minimum absolute atomic E-state index is 0.0807. The van der Waals surface area contributed by atoms with Gasteiger partial charge in [-0.05, 0) is 38.1 Å². The first kappa shape index (κ1) is 19.2. The van der Waals surface area contributed by atoms with Crippen molar-refractivity contribution < 1.29 is 14.7 Å². The van der Waals surface area contributed by atoms with Gasteiger partial charge in [0, 0.05) is 25.6 Å². The number of aliphatic carboxylic acids is 1. The van der Waals surface area contributed by atoms with Crippen LogP contribution in [-0.4, -0.2) is 59.5 Å². The molecule has 5 heteroatoms. The van der Waals surface area contributed by atoms with Crippen molar-refractivity contribution >= 4 is 11.9 Å². The topological polar surface area (TPSA) is 60.9 Å². The molecule has 0 spiro atoms. The van der Waals surface area contributed by atoms with Gasteiger partial charge in [0.2, 0.25) is 5.91 Å². The molecule has 0 radical (unpaired) electrons. The zero-order valence-electron chi connectivity index (χ0n) is 15.4. The van der Waals surface area contributed by atoms with Crippen LogP contribution in [0.25, 0.3) is 0 Å². The van der Waals surface area contributed by atoms with Crippen LogP contribution in [0.5, 0.6) is 0 Å². The maximum Gasteiger partial charge on any atom is 0.317 e. The van der Waals surface area contributed by atoms with E-state index in [0.29, 0.717) is 18.2 Å². The highest BCUT2D eigenvalue weighted by Crippen LogP contribution is 2.32. The van der Waals surface area contributed by atoms with Crippen molar-refractivity contribution in [1.82, 2.24) is 9.80 Å². The highest BCUT2D eigenvalue weighted by molar-refractivity contribution is 5.76. The second-order valence-electron chi connectivity index (χ2n) is 7.85. The van der Waals surface area contributed by atoms with Gasteiger partial charge < -0.3 is 10.0 Å². The Morgan fingerprint density at radius 3 is 2.46 bits per heavy atom. The Morgan fingerprint density at radius 2 is 1.79 bits per heavy atom. The molecule has 0 aromatic heterocycles. The van der Waals surface area contributed by atoms with E-state index in [-0.39, 0.29) is 12.6 Å². The number of hydrogen-bond acceptors (Lipinski definition) is 3. The summed E-state index contributed by atoms with van der Waals surface area (Å²) in [4.78, 5) is 27.5. The maximum atomic E-state index is 12.7. The van der Waals surface area contributed by atoms with Crippen molar-refractivity contribution in [3.8, 4) is 0 Å². The summed E-state index contributed by atoms with van der Waals surface area (Å²) in [6, 6.07) is 0.273. The fourth-order valence-corrected chi connectivity index (χ4v) is 4.39. The van der Waals surface area contributed by atoms with Crippen molar-refractivity contribution in [1.29, 1.82) is 0 Å². The quantitative estimate of drug-likeness (QED) is 0.809. The lowest BCUT2D eigenvalue weighted by molar-refractivity contribution is -0.138. The van der Waals surface area contributed by atoms with Crippen LogP contribution in [0.4, 0.5) is 0 Å². The molecule has 2 aliphatic rings. The molecule has 138 valence electrons. The predicted octanol–water partition coefficient (Wildman–Crippen LogP) is 2.99. The molecule has 1 N–H and O–H groups in total. The van der Waals surface area contributed by atoms with Gasteiger partial charge >= 0.3 is 5.97 Å². The molecule has 2 fully saturated rings. The van der Waals surface area contributed by atoms with Crippen molar-refractivity contribution in [3.05, 3.63) is 0 Å². The molecule has 2 unspecified atom stereocenters. The van der Waals surface area contributed by atoms with E-state index >= 15 is 0 Å². The van der Waals surface area contributed by atoms with Crippen LogP contribution in [0.2, 0.25) is 0 Å².